The summed E-state index contributed by atoms with van der Waals surface area (Å²) in [5.41, 5.74) is 0. The quantitative estimate of drug-likeness (QED) is 0.864. The standard InChI is InChI=1S/C8H16N2O2.C6H4Cl2/c1-10(2)8(11)7-5-9-3-4-12-6-7;7-5-3-1-2-4-6(5)8/h7,9H,3-6H2,1-2H3;1-4H. The summed E-state index contributed by atoms with van der Waals surface area (Å²) in [4.78, 5) is 13.1. The lowest BCUT2D eigenvalue weighted by atomic mass is 10.1. The van der Waals surface area contributed by atoms with E-state index in [-0.39, 0.29) is 11.8 Å². The molecule has 1 amide bonds. The van der Waals surface area contributed by atoms with Crippen LogP contribution >= 0.6 is 23.2 Å². The molecule has 1 aliphatic heterocycles. The summed E-state index contributed by atoms with van der Waals surface area (Å²) < 4.78 is 5.27. The molecule has 112 valence electrons. The van der Waals surface area contributed by atoms with Crippen LogP contribution in [0.5, 0.6) is 0 Å². The van der Waals surface area contributed by atoms with Crippen molar-refractivity contribution in [2.24, 2.45) is 5.92 Å². The maximum Gasteiger partial charge on any atom is 0.228 e. The van der Waals surface area contributed by atoms with Gasteiger partial charge in [0.15, 0.2) is 0 Å². The van der Waals surface area contributed by atoms with Crippen molar-refractivity contribution in [3.05, 3.63) is 34.3 Å². The number of nitrogens with zero attached hydrogens (tertiary/aromatic N) is 1. The van der Waals surface area contributed by atoms with Crippen molar-refractivity contribution in [2.45, 2.75) is 0 Å². The molecule has 0 aromatic heterocycles. The zero-order valence-electron chi connectivity index (χ0n) is 11.7. The minimum absolute atomic E-state index is 0.0116. The van der Waals surface area contributed by atoms with E-state index >= 15 is 0 Å². The number of nitrogens with one attached hydrogen (secondary N) is 1. The normalized spacial score (nSPS) is 18.5. The third kappa shape index (κ3) is 6.09. The van der Waals surface area contributed by atoms with Gasteiger partial charge < -0.3 is 15.0 Å². The predicted octanol–water partition coefficient (Wildman–Crippen LogP) is 2.30. The van der Waals surface area contributed by atoms with Crippen LogP contribution in [0, 0.1) is 5.92 Å². The van der Waals surface area contributed by atoms with E-state index in [0.717, 1.165) is 13.1 Å². The van der Waals surface area contributed by atoms with Crippen LogP contribution in [-0.2, 0) is 9.53 Å². The minimum Gasteiger partial charge on any atom is -0.379 e. The van der Waals surface area contributed by atoms with Gasteiger partial charge in [0, 0.05) is 27.2 Å². The molecule has 1 fully saturated rings. The Labute approximate surface area is 130 Å². The molecule has 1 aliphatic rings. The van der Waals surface area contributed by atoms with Crippen LogP contribution in [-0.4, -0.2) is 51.2 Å². The van der Waals surface area contributed by atoms with Crippen molar-refractivity contribution >= 4 is 29.1 Å². The zero-order chi connectivity index (χ0) is 15.0. The first-order chi connectivity index (χ1) is 9.52. The summed E-state index contributed by atoms with van der Waals surface area (Å²) in [6.45, 7) is 2.83. The van der Waals surface area contributed by atoms with Crippen LogP contribution < -0.4 is 5.32 Å². The fourth-order valence-corrected chi connectivity index (χ4v) is 1.94. The Morgan fingerprint density at radius 3 is 2.40 bits per heavy atom. The summed E-state index contributed by atoms with van der Waals surface area (Å²) in [5, 5.41) is 4.37. The number of halogens is 2. The molecule has 4 nitrogen and oxygen atoms in total. The second-order valence-corrected chi connectivity index (χ2v) is 5.44. The largest absolute Gasteiger partial charge is 0.379 e. The van der Waals surface area contributed by atoms with Gasteiger partial charge in [-0.1, -0.05) is 35.3 Å². The van der Waals surface area contributed by atoms with Crippen LogP contribution in [0.15, 0.2) is 24.3 Å². The fraction of sp³-hybridized carbons (Fsp3) is 0.500. The van der Waals surface area contributed by atoms with E-state index in [0.29, 0.717) is 23.3 Å². The number of rotatable bonds is 1. The molecule has 1 aromatic carbocycles. The SMILES string of the molecule is CN(C)C(=O)C1CNCCOC1.Clc1ccccc1Cl. The molecular weight excluding hydrogens is 299 g/mol. The molecule has 0 spiro atoms. The Kier molecular flexibility index (Phi) is 7.92. The fourth-order valence-electron chi connectivity index (χ4n) is 1.67. The lowest BCUT2D eigenvalue weighted by Crippen LogP contribution is -2.36. The lowest BCUT2D eigenvalue weighted by Gasteiger charge is -2.17. The van der Waals surface area contributed by atoms with Crippen LogP contribution in [0.3, 0.4) is 0 Å². The Morgan fingerprint density at radius 1 is 1.30 bits per heavy atom. The number of benzene rings is 1. The van der Waals surface area contributed by atoms with Crippen molar-refractivity contribution in [3.63, 3.8) is 0 Å². The number of carbonyl (C=O) groups is 1. The predicted molar refractivity (Wildman–Crippen MR) is 82.3 cm³/mol. The van der Waals surface area contributed by atoms with E-state index in [9.17, 15) is 4.79 Å². The summed E-state index contributed by atoms with van der Waals surface area (Å²) in [7, 11) is 3.54. The van der Waals surface area contributed by atoms with Crippen LogP contribution in [0.4, 0.5) is 0 Å². The first-order valence-corrected chi connectivity index (χ1v) is 7.17. The molecule has 0 bridgehead atoms. The molecule has 0 saturated carbocycles. The average Bonchev–Trinajstić information content (AvgIpc) is 2.71. The van der Waals surface area contributed by atoms with Gasteiger partial charge in [-0.2, -0.15) is 0 Å². The van der Waals surface area contributed by atoms with E-state index < -0.39 is 0 Å². The molecule has 1 heterocycles. The van der Waals surface area contributed by atoms with Gasteiger partial charge in [0.05, 0.1) is 29.2 Å². The number of carbonyl (C=O) groups excluding carboxylic acids is 1. The van der Waals surface area contributed by atoms with Crippen LogP contribution in [0.2, 0.25) is 10.0 Å². The van der Waals surface area contributed by atoms with Crippen molar-refractivity contribution in [1.29, 1.82) is 0 Å². The molecule has 1 aromatic rings. The van der Waals surface area contributed by atoms with Gasteiger partial charge in [0.1, 0.15) is 0 Å². The molecule has 1 saturated heterocycles. The van der Waals surface area contributed by atoms with Crippen molar-refractivity contribution in [3.8, 4) is 0 Å². The Bertz CT molecular complexity index is 398. The highest BCUT2D eigenvalue weighted by molar-refractivity contribution is 6.41. The maximum atomic E-state index is 11.5. The van der Waals surface area contributed by atoms with Gasteiger partial charge in [-0.25, -0.2) is 0 Å². The summed E-state index contributed by atoms with van der Waals surface area (Å²) in [6.07, 6.45) is 0. The highest BCUT2D eigenvalue weighted by atomic mass is 35.5. The van der Waals surface area contributed by atoms with E-state index in [1.165, 1.54) is 0 Å². The summed E-state index contributed by atoms with van der Waals surface area (Å²) in [5.74, 6) is 0.131. The lowest BCUT2D eigenvalue weighted by molar-refractivity contribution is -0.134. The molecule has 0 aliphatic carbocycles. The first-order valence-electron chi connectivity index (χ1n) is 6.42. The Hall–Kier alpha value is -0.810. The molecule has 20 heavy (non-hydrogen) atoms. The van der Waals surface area contributed by atoms with Gasteiger partial charge in [-0.05, 0) is 12.1 Å². The van der Waals surface area contributed by atoms with Crippen molar-refractivity contribution in [2.75, 3.05) is 40.4 Å². The van der Waals surface area contributed by atoms with Crippen molar-refractivity contribution in [1.82, 2.24) is 10.2 Å². The zero-order valence-corrected chi connectivity index (χ0v) is 13.2. The molecular formula is C14H20Cl2N2O2. The smallest absolute Gasteiger partial charge is 0.228 e. The molecule has 6 heteroatoms. The first kappa shape index (κ1) is 17.2. The highest BCUT2D eigenvalue weighted by Crippen LogP contribution is 2.19. The Balaban J connectivity index is 0.000000217. The highest BCUT2D eigenvalue weighted by Gasteiger charge is 2.21. The summed E-state index contributed by atoms with van der Waals surface area (Å²) >= 11 is 11.2. The topological polar surface area (TPSA) is 41.6 Å². The van der Waals surface area contributed by atoms with Gasteiger partial charge >= 0.3 is 0 Å². The Morgan fingerprint density at radius 2 is 1.90 bits per heavy atom. The third-order valence-corrected chi connectivity index (χ3v) is 3.50. The van der Waals surface area contributed by atoms with E-state index in [1.807, 2.05) is 12.1 Å². The average molecular weight is 319 g/mol. The maximum absolute atomic E-state index is 11.5. The van der Waals surface area contributed by atoms with Gasteiger partial charge in [-0.3, -0.25) is 4.79 Å². The van der Waals surface area contributed by atoms with Gasteiger partial charge in [-0.15, -0.1) is 0 Å². The second kappa shape index (κ2) is 9.19. The third-order valence-electron chi connectivity index (χ3n) is 2.75. The molecule has 1 atom stereocenters. The van der Waals surface area contributed by atoms with Crippen LogP contribution in [0.1, 0.15) is 0 Å². The number of hydrogen-bond acceptors (Lipinski definition) is 3. The van der Waals surface area contributed by atoms with Gasteiger partial charge in [0.2, 0.25) is 5.91 Å². The van der Waals surface area contributed by atoms with E-state index in [4.69, 9.17) is 27.9 Å². The molecule has 1 N–H and O–H groups in total. The van der Waals surface area contributed by atoms with Crippen molar-refractivity contribution < 1.29 is 9.53 Å². The molecule has 2 rings (SSSR count). The number of ether oxygens (including phenoxy) is 1. The monoisotopic (exact) mass is 318 g/mol. The number of hydrogen-bond donors (Lipinski definition) is 1. The number of amides is 1. The molecule has 0 radical (unpaired) electrons. The van der Waals surface area contributed by atoms with E-state index in [2.05, 4.69) is 5.32 Å². The molecule has 1 unspecified atom stereocenters. The van der Waals surface area contributed by atoms with E-state index in [1.54, 1.807) is 31.1 Å². The van der Waals surface area contributed by atoms with Crippen LogP contribution in [0.25, 0.3) is 0 Å². The van der Waals surface area contributed by atoms with Gasteiger partial charge in [0.25, 0.3) is 0 Å². The summed E-state index contributed by atoms with van der Waals surface area (Å²) in [6, 6.07) is 7.19. The minimum atomic E-state index is -0.0116. The second-order valence-electron chi connectivity index (χ2n) is 4.62.